The van der Waals surface area contributed by atoms with Crippen molar-refractivity contribution in [1.82, 2.24) is 0 Å². The number of aryl methyl sites for hydroxylation is 1. The van der Waals surface area contributed by atoms with Gasteiger partial charge in [0.25, 0.3) is 0 Å². The Balaban J connectivity index is 2.74. The second-order valence-electron chi connectivity index (χ2n) is 8.85. The third-order valence-corrected chi connectivity index (χ3v) is 4.78. The molecule has 25 heavy (non-hydrogen) atoms. The molecule has 0 saturated carbocycles. The Bertz CT molecular complexity index is 482. The van der Waals surface area contributed by atoms with E-state index in [1.807, 2.05) is 11.8 Å². The van der Waals surface area contributed by atoms with Gasteiger partial charge in [0.15, 0.2) is 0 Å². The predicted octanol–water partition coefficient (Wildman–Crippen LogP) is 6.64. The molecular weight excluding hydrogens is 328 g/mol. The molecule has 0 saturated heterocycles. The lowest BCUT2D eigenvalue weighted by Crippen LogP contribution is -2.35. The second kappa shape index (κ2) is 9.99. The van der Waals surface area contributed by atoms with Crippen LogP contribution in [0.4, 0.5) is 0 Å². The van der Waals surface area contributed by atoms with E-state index >= 15 is 0 Å². The van der Waals surface area contributed by atoms with Crippen LogP contribution in [0, 0.1) is 6.92 Å². The third-order valence-electron chi connectivity index (χ3n) is 3.63. The SMILES string of the molecule is CCC[C@H](C[C@H](CSc1ccc(C)cc1)OC(C)(C)C)OC(C)(C)C. The third kappa shape index (κ3) is 10.9. The van der Waals surface area contributed by atoms with Crippen LogP contribution in [0.5, 0.6) is 0 Å². The Kier molecular flexibility index (Phi) is 9.00. The van der Waals surface area contributed by atoms with Gasteiger partial charge in [-0.1, -0.05) is 31.0 Å². The van der Waals surface area contributed by atoms with Gasteiger partial charge in [0.05, 0.1) is 23.4 Å². The summed E-state index contributed by atoms with van der Waals surface area (Å²) in [5, 5.41) is 0. The average Bonchev–Trinajstić information content (AvgIpc) is 2.43. The van der Waals surface area contributed by atoms with E-state index in [0.29, 0.717) is 0 Å². The van der Waals surface area contributed by atoms with Crippen molar-refractivity contribution in [3.05, 3.63) is 29.8 Å². The van der Waals surface area contributed by atoms with Gasteiger partial charge in [0.2, 0.25) is 0 Å². The minimum absolute atomic E-state index is 0.115. The molecule has 0 amide bonds. The standard InChI is InChI=1S/C22H38O2S/c1-9-10-18(23-21(3,4)5)15-19(24-22(6,7)8)16-25-20-13-11-17(2)12-14-20/h11-14,18-19H,9-10,15-16H2,1-8H3/t18-,19-/m1/s1. The first-order valence-electron chi connectivity index (χ1n) is 9.53. The monoisotopic (exact) mass is 366 g/mol. The molecule has 1 rings (SSSR count). The molecule has 2 nitrogen and oxygen atoms in total. The van der Waals surface area contributed by atoms with Crippen LogP contribution in [0.2, 0.25) is 0 Å². The molecule has 0 N–H and O–H groups in total. The fourth-order valence-electron chi connectivity index (χ4n) is 2.81. The lowest BCUT2D eigenvalue weighted by atomic mass is 10.0. The molecule has 1 aromatic rings. The van der Waals surface area contributed by atoms with Crippen LogP contribution in [0.25, 0.3) is 0 Å². The van der Waals surface area contributed by atoms with Crippen molar-refractivity contribution in [2.45, 2.75) is 103 Å². The van der Waals surface area contributed by atoms with Gasteiger partial charge >= 0.3 is 0 Å². The molecule has 0 aromatic heterocycles. The van der Waals surface area contributed by atoms with E-state index in [0.717, 1.165) is 25.0 Å². The van der Waals surface area contributed by atoms with Gasteiger partial charge in [-0.15, -0.1) is 11.8 Å². The van der Waals surface area contributed by atoms with Crippen molar-refractivity contribution in [2.75, 3.05) is 5.75 Å². The van der Waals surface area contributed by atoms with E-state index in [4.69, 9.17) is 9.47 Å². The molecule has 2 atom stereocenters. The van der Waals surface area contributed by atoms with Crippen molar-refractivity contribution < 1.29 is 9.47 Å². The van der Waals surface area contributed by atoms with Crippen LogP contribution in [0.15, 0.2) is 29.2 Å². The second-order valence-corrected chi connectivity index (χ2v) is 9.95. The first-order valence-corrected chi connectivity index (χ1v) is 10.5. The van der Waals surface area contributed by atoms with Gasteiger partial charge in [-0.25, -0.2) is 0 Å². The molecular formula is C22H38O2S. The van der Waals surface area contributed by atoms with Crippen LogP contribution < -0.4 is 0 Å². The van der Waals surface area contributed by atoms with Gasteiger partial charge in [-0.2, -0.15) is 0 Å². The van der Waals surface area contributed by atoms with E-state index in [-0.39, 0.29) is 23.4 Å². The average molecular weight is 367 g/mol. The van der Waals surface area contributed by atoms with Gasteiger partial charge in [-0.05, 0) is 67.0 Å². The summed E-state index contributed by atoms with van der Waals surface area (Å²) >= 11 is 1.88. The van der Waals surface area contributed by atoms with E-state index in [9.17, 15) is 0 Å². The molecule has 0 spiro atoms. The fourth-order valence-corrected chi connectivity index (χ4v) is 3.72. The zero-order chi connectivity index (χ0) is 19.1. The van der Waals surface area contributed by atoms with E-state index < -0.39 is 0 Å². The minimum atomic E-state index is -0.142. The quantitative estimate of drug-likeness (QED) is 0.456. The summed E-state index contributed by atoms with van der Waals surface area (Å²) in [5.74, 6) is 0.952. The fraction of sp³-hybridized carbons (Fsp3) is 0.727. The molecule has 0 heterocycles. The van der Waals surface area contributed by atoms with Crippen LogP contribution in [-0.2, 0) is 9.47 Å². The highest BCUT2D eigenvalue weighted by Crippen LogP contribution is 2.27. The predicted molar refractivity (Wildman–Crippen MR) is 111 cm³/mol. The number of ether oxygens (including phenoxy) is 2. The van der Waals surface area contributed by atoms with Crippen LogP contribution in [0.1, 0.15) is 73.3 Å². The Labute approximate surface area is 160 Å². The molecule has 0 aliphatic carbocycles. The van der Waals surface area contributed by atoms with E-state index in [1.165, 1.54) is 10.5 Å². The molecule has 0 aliphatic rings. The highest BCUT2D eigenvalue weighted by molar-refractivity contribution is 7.99. The first kappa shape index (κ1) is 22.5. The molecule has 144 valence electrons. The Hall–Kier alpha value is -0.510. The van der Waals surface area contributed by atoms with Crippen molar-refractivity contribution in [3.8, 4) is 0 Å². The Morgan fingerprint density at radius 1 is 0.880 bits per heavy atom. The highest BCUT2D eigenvalue weighted by atomic mass is 32.2. The van der Waals surface area contributed by atoms with Crippen LogP contribution in [-0.4, -0.2) is 29.2 Å². The highest BCUT2D eigenvalue weighted by Gasteiger charge is 2.25. The zero-order valence-corrected chi connectivity index (χ0v) is 18.3. The number of rotatable bonds is 9. The van der Waals surface area contributed by atoms with Gasteiger partial charge in [0, 0.05) is 17.1 Å². The van der Waals surface area contributed by atoms with Gasteiger partial charge < -0.3 is 9.47 Å². The van der Waals surface area contributed by atoms with Crippen molar-refractivity contribution in [3.63, 3.8) is 0 Å². The molecule has 0 aliphatic heterocycles. The van der Waals surface area contributed by atoms with Crippen molar-refractivity contribution >= 4 is 11.8 Å². The number of hydrogen-bond donors (Lipinski definition) is 0. The molecule has 0 unspecified atom stereocenters. The summed E-state index contributed by atoms with van der Waals surface area (Å²) in [6, 6.07) is 8.74. The smallest absolute Gasteiger partial charge is 0.0700 e. The van der Waals surface area contributed by atoms with Crippen LogP contribution in [0.3, 0.4) is 0 Å². The normalized spacial score (nSPS) is 15.2. The first-order chi connectivity index (χ1) is 11.5. The lowest BCUT2D eigenvalue weighted by molar-refractivity contribution is -0.108. The molecule has 3 heteroatoms. The lowest BCUT2D eigenvalue weighted by Gasteiger charge is -2.33. The summed E-state index contributed by atoms with van der Waals surface area (Å²) in [6.07, 6.45) is 3.59. The largest absolute Gasteiger partial charge is 0.373 e. The Morgan fingerprint density at radius 3 is 1.88 bits per heavy atom. The summed E-state index contributed by atoms with van der Waals surface area (Å²) in [5.41, 5.74) is 1.04. The summed E-state index contributed by atoms with van der Waals surface area (Å²) in [7, 11) is 0. The molecule has 1 aromatic carbocycles. The van der Waals surface area contributed by atoms with Crippen LogP contribution >= 0.6 is 11.8 Å². The summed E-state index contributed by atoms with van der Waals surface area (Å²) in [4.78, 5) is 1.30. The van der Waals surface area contributed by atoms with Crippen molar-refractivity contribution in [1.29, 1.82) is 0 Å². The number of hydrogen-bond acceptors (Lipinski definition) is 3. The molecule has 0 radical (unpaired) electrons. The Morgan fingerprint density at radius 2 is 1.40 bits per heavy atom. The maximum absolute atomic E-state index is 6.37. The summed E-state index contributed by atoms with van der Waals surface area (Å²) < 4.78 is 12.7. The molecule has 0 fully saturated rings. The maximum atomic E-state index is 6.37. The summed E-state index contributed by atoms with van der Waals surface area (Å²) in [6.45, 7) is 17.2. The minimum Gasteiger partial charge on any atom is -0.373 e. The van der Waals surface area contributed by atoms with Gasteiger partial charge in [0.1, 0.15) is 0 Å². The number of benzene rings is 1. The van der Waals surface area contributed by atoms with E-state index in [2.05, 4.69) is 79.7 Å². The molecule has 0 bridgehead atoms. The van der Waals surface area contributed by atoms with Gasteiger partial charge in [-0.3, -0.25) is 0 Å². The number of thioether (sulfide) groups is 1. The van der Waals surface area contributed by atoms with E-state index in [1.54, 1.807) is 0 Å². The zero-order valence-electron chi connectivity index (χ0n) is 17.5. The maximum Gasteiger partial charge on any atom is 0.0700 e. The van der Waals surface area contributed by atoms with Crippen molar-refractivity contribution in [2.24, 2.45) is 0 Å². The topological polar surface area (TPSA) is 18.5 Å².